The molecule has 0 bridgehead atoms. The maximum atomic E-state index is 14.4. The first-order valence-corrected chi connectivity index (χ1v) is 8.62. The maximum absolute atomic E-state index is 14.4. The number of alkyl halides is 1. The van der Waals surface area contributed by atoms with Crippen molar-refractivity contribution >= 4 is 17.1 Å². The van der Waals surface area contributed by atoms with Gasteiger partial charge in [0, 0.05) is 17.1 Å². The van der Waals surface area contributed by atoms with E-state index in [0.717, 1.165) is 22.9 Å². The average Bonchev–Trinajstić information content (AvgIpc) is 2.55. The van der Waals surface area contributed by atoms with E-state index in [9.17, 15) is 4.39 Å². The minimum Gasteiger partial charge on any atom is -0.389 e. The van der Waals surface area contributed by atoms with Crippen LogP contribution in [0, 0.1) is 11.3 Å². The van der Waals surface area contributed by atoms with Crippen LogP contribution >= 0.6 is 0 Å². The van der Waals surface area contributed by atoms with Crippen molar-refractivity contribution in [3.63, 3.8) is 0 Å². The van der Waals surface area contributed by atoms with Gasteiger partial charge in [-0.2, -0.15) is 0 Å². The highest BCUT2D eigenvalue weighted by molar-refractivity contribution is 5.97. The van der Waals surface area contributed by atoms with E-state index in [1.54, 1.807) is 12.4 Å². The Balaban J connectivity index is 1.64. The second kappa shape index (κ2) is 6.88. The third-order valence-electron chi connectivity index (χ3n) is 4.99. The summed E-state index contributed by atoms with van der Waals surface area (Å²) in [5, 5.41) is 5.10. The van der Waals surface area contributed by atoms with E-state index in [1.165, 1.54) is 0 Å². The first-order chi connectivity index (χ1) is 11.4. The summed E-state index contributed by atoms with van der Waals surface area (Å²) < 4.78 is 14.4. The molecule has 1 aliphatic carbocycles. The number of hydrogen-bond donors (Lipinski definition) is 0. The minimum atomic E-state index is -0.953. The Hall–Kier alpha value is -1.97. The quantitative estimate of drug-likeness (QED) is 0.577. The van der Waals surface area contributed by atoms with Crippen molar-refractivity contribution in [1.29, 1.82) is 0 Å². The van der Waals surface area contributed by atoms with Crippen LogP contribution in [0.1, 0.15) is 45.6 Å². The molecule has 24 heavy (non-hydrogen) atoms. The van der Waals surface area contributed by atoms with Gasteiger partial charge in [0.05, 0.1) is 11.7 Å². The van der Waals surface area contributed by atoms with Crippen LogP contribution in [0.2, 0.25) is 0 Å². The fraction of sp³-hybridized carbons (Fsp3) is 0.500. The predicted octanol–water partition coefficient (Wildman–Crippen LogP) is 5.14. The Bertz CT molecular complexity index is 718. The van der Waals surface area contributed by atoms with Gasteiger partial charge in [-0.15, -0.1) is 0 Å². The Kier molecular flexibility index (Phi) is 4.83. The molecule has 3 rings (SSSR count). The second-order valence-corrected chi connectivity index (χ2v) is 7.69. The van der Waals surface area contributed by atoms with Crippen molar-refractivity contribution in [2.75, 3.05) is 0 Å². The zero-order valence-electron chi connectivity index (χ0n) is 14.6. The molecule has 128 valence electrons. The van der Waals surface area contributed by atoms with Gasteiger partial charge in [0.25, 0.3) is 0 Å². The molecule has 0 amide bonds. The fourth-order valence-corrected chi connectivity index (χ4v) is 3.39. The van der Waals surface area contributed by atoms with Crippen LogP contribution in [0.3, 0.4) is 0 Å². The number of para-hydroxylation sites is 1. The molecule has 1 fully saturated rings. The molecule has 1 aliphatic rings. The largest absolute Gasteiger partial charge is 0.389 e. The lowest BCUT2D eigenvalue weighted by Crippen LogP contribution is -2.36. The van der Waals surface area contributed by atoms with Crippen molar-refractivity contribution < 1.29 is 9.23 Å². The van der Waals surface area contributed by atoms with Crippen molar-refractivity contribution in [2.45, 2.75) is 52.3 Å². The van der Waals surface area contributed by atoms with Crippen molar-refractivity contribution in [3.8, 4) is 0 Å². The highest BCUT2D eigenvalue weighted by Gasteiger charge is 2.37. The maximum Gasteiger partial charge on any atom is 0.158 e. The highest BCUT2D eigenvalue weighted by atomic mass is 19.1. The molecule has 0 radical (unpaired) electrons. The van der Waals surface area contributed by atoms with E-state index in [1.807, 2.05) is 30.3 Å². The molecule has 3 nitrogen and oxygen atoms in total. The molecule has 0 unspecified atom stereocenters. The Morgan fingerprint density at radius 1 is 1.21 bits per heavy atom. The molecule has 1 aromatic heterocycles. The van der Waals surface area contributed by atoms with Gasteiger partial charge >= 0.3 is 0 Å². The Morgan fingerprint density at radius 2 is 2.00 bits per heavy atom. The first-order valence-electron chi connectivity index (χ1n) is 8.62. The van der Waals surface area contributed by atoms with Crippen molar-refractivity contribution in [2.24, 2.45) is 16.5 Å². The van der Waals surface area contributed by atoms with E-state index in [0.29, 0.717) is 18.8 Å². The summed E-state index contributed by atoms with van der Waals surface area (Å²) >= 11 is 0. The molecule has 4 heteroatoms. The molecule has 0 aliphatic heterocycles. The van der Waals surface area contributed by atoms with E-state index < -0.39 is 12.3 Å². The number of nitrogens with zero attached hydrogens (tertiary/aromatic N) is 2. The summed E-state index contributed by atoms with van der Waals surface area (Å²) in [6.45, 7) is 6.53. The molecule has 0 spiro atoms. The number of fused-ring (bicyclic) bond motifs is 1. The van der Waals surface area contributed by atoms with Crippen LogP contribution in [-0.2, 0) is 4.84 Å². The van der Waals surface area contributed by atoms with Crippen molar-refractivity contribution in [3.05, 3.63) is 42.1 Å². The van der Waals surface area contributed by atoms with Gasteiger partial charge in [0.15, 0.2) is 6.10 Å². The molecular weight excluding hydrogens is 303 g/mol. The Morgan fingerprint density at radius 3 is 2.75 bits per heavy atom. The van der Waals surface area contributed by atoms with Crippen LogP contribution in [0.25, 0.3) is 10.9 Å². The lowest BCUT2D eigenvalue weighted by Gasteiger charge is -2.37. The van der Waals surface area contributed by atoms with Gasteiger partial charge in [-0.05, 0) is 36.7 Å². The standard InChI is InChI=1S/C20H25FN2O/c1-20(2,3)16-9-10-18(17(21)12-16)24-23-13-15-7-4-6-14-8-5-11-22-19(14)15/h4-8,11,13,16-18H,9-10,12H2,1-3H3/b23-13+/t16-,17-,18+/m0/s1. The fourth-order valence-electron chi connectivity index (χ4n) is 3.39. The van der Waals surface area contributed by atoms with Crippen LogP contribution < -0.4 is 0 Å². The number of benzene rings is 1. The van der Waals surface area contributed by atoms with Crippen LogP contribution in [0.15, 0.2) is 41.7 Å². The number of oxime groups is 1. The molecule has 1 saturated carbocycles. The summed E-state index contributed by atoms with van der Waals surface area (Å²) in [4.78, 5) is 9.85. The van der Waals surface area contributed by atoms with Crippen molar-refractivity contribution in [1.82, 2.24) is 4.98 Å². The zero-order valence-corrected chi connectivity index (χ0v) is 14.6. The monoisotopic (exact) mass is 328 g/mol. The topological polar surface area (TPSA) is 34.5 Å². The number of halogens is 1. The smallest absolute Gasteiger partial charge is 0.158 e. The second-order valence-electron chi connectivity index (χ2n) is 7.69. The molecule has 1 aromatic carbocycles. The molecule has 2 aromatic rings. The molecule has 0 N–H and O–H groups in total. The summed E-state index contributed by atoms with van der Waals surface area (Å²) in [7, 11) is 0. The number of rotatable bonds is 3. The minimum absolute atomic E-state index is 0.146. The van der Waals surface area contributed by atoms with Crippen LogP contribution in [-0.4, -0.2) is 23.5 Å². The highest BCUT2D eigenvalue weighted by Crippen LogP contribution is 2.39. The lowest BCUT2D eigenvalue weighted by molar-refractivity contribution is -0.0472. The van der Waals surface area contributed by atoms with Gasteiger partial charge in [-0.3, -0.25) is 4.98 Å². The third kappa shape index (κ3) is 3.74. The van der Waals surface area contributed by atoms with Gasteiger partial charge in [0.1, 0.15) is 6.17 Å². The van der Waals surface area contributed by atoms with E-state index >= 15 is 0 Å². The number of pyridine rings is 1. The normalized spacial score (nSPS) is 25.2. The van der Waals surface area contributed by atoms with Gasteiger partial charge in [0.2, 0.25) is 0 Å². The SMILES string of the molecule is CC(C)(C)[C@H]1CC[C@@H](O/N=C/c2cccc3cccnc23)[C@@H](F)C1. The molecule has 3 atom stereocenters. The van der Waals surface area contributed by atoms with Crippen LogP contribution in [0.5, 0.6) is 0 Å². The predicted molar refractivity (Wildman–Crippen MR) is 95.9 cm³/mol. The van der Waals surface area contributed by atoms with E-state index in [4.69, 9.17) is 4.84 Å². The van der Waals surface area contributed by atoms with E-state index in [-0.39, 0.29) is 5.41 Å². The summed E-state index contributed by atoms with van der Waals surface area (Å²) in [6, 6.07) is 9.81. The van der Waals surface area contributed by atoms with Crippen LogP contribution in [0.4, 0.5) is 4.39 Å². The van der Waals surface area contributed by atoms with Gasteiger partial charge < -0.3 is 4.84 Å². The molecule has 0 saturated heterocycles. The summed E-state index contributed by atoms with van der Waals surface area (Å²) in [5.74, 6) is 0.401. The zero-order chi connectivity index (χ0) is 17.2. The third-order valence-corrected chi connectivity index (χ3v) is 4.99. The number of aromatic nitrogens is 1. The molecular formula is C20H25FN2O. The summed E-state index contributed by atoms with van der Waals surface area (Å²) in [6.07, 6.45) is 4.26. The Labute approximate surface area is 142 Å². The lowest BCUT2D eigenvalue weighted by atomic mass is 9.71. The van der Waals surface area contributed by atoms with Gasteiger partial charge in [-0.25, -0.2) is 4.39 Å². The van der Waals surface area contributed by atoms with Gasteiger partial charge in [-0.1, -0.05) is 50.2 Å². The summed E-state index contributed by atoms with van der Waals surface area (Å²) in [5.41, 5.74) is 1.90. The molecule has 1 heterocycles. The van der Waals surface area contributed by atoms with E-state index in [2.05, 4.69) is 30.9 Å². The average molecular weight is 328 g/mol. The number of hydrogen-bond acceptors (Lipinski definition) is 3. The first kappa shape index (κ1) is 16.9.